The van der Waals surface area contributed by atoms with Gasteiger partial charge in [0.25, 0.3) is 0 Å². The molecule has 2 heterocycles. The van der Waals surface area contributed by atoms with Gasteiger partial charge in [-0.3, -0.25) is 4.79 Å². The highest BCUT2D eigenvalue weighted by Gasteiger charge is 2.18. The molecule has 0 unspecified atom stereocenters. The SMILES string of the molecule is CCOc1ccc2nc(SCC(=O)N3CCCCC3)c(C#N)cc2c1. The number of piperidine rings is 1. The van der Waals surface area contributed by atoms with E-state index in [2.05, 4.69) is 11.1 Å². The summed E-state index contributed by atoms with van der Waals surface area (Å²) in [5, 5.41) is 10.9. The van der Waals surface area contributed by atoms with Gasteiger partial charge in [-0.2, -0.15) is 5.26 Å². The summed E-state index contributed by atoms with van der Waals surface area (Å²) in [5.41, 5.74) is 1.30. The first kappa shape index (κ1) is 17.6. The predicted octanol–water partition coefficient (Wildman–Crippen LogP) is 3.61. The van der Waals surface area contributed by atoms with E-state index in [4.69, 9.17) is 4.74 Å². The van der Waals surface area contributed by atoms with Crippen molar-refractivity contribution >= 4 is 28.6 Å². The number of ether oxygens (including phenoxy) is 1. The number of hydrogen-bond donors (Lipinski definition) is 0. The Morgan fingerprint density at radius 2 is 2.12 bits per heavy atom. The maximum atomic E-state index is 12.3. The maximum absolute atomic E-state index is 12.3. The summed E-state index contributed by atoms with van der Waals surface area (Å²) in [5.74, 6) is 1.22. The topological polar surface area (TPSA) is 66.2 Å². The zero-order valence-corrected chi connectivity index (χ0v) is 15.1. The Hall–Kier alpha value is -2.26. The van der Waals surface area contributed by atoms with Crippen molar-refractivity contribution in [1.29, 1.82) is 5.26 Å². The molecule has 0 aliphatic carbocycles. The molecule has 1 aliphatic heterocycles. The highest BCUT2D eigenvalue weighted by atomic mass is 32.2. The molecule has 1 aromatic heterocycles. The van der Waals surface area contributed by atoms with E-state index >= 15 is 0 Å². The van der Waals surface area contributed by atoms with Gasteiger partial charge < -0.3 is 9.64 Å². The van der Waals surface area contributed by atoms with Crippen molar-refractivity contribution in [2.45, 2.75) is 31.2 Å². The van der Waals surface area contributed by atoms with Gasteiger partial charge in [0.1, 0.15) is 16.8 Å². The number of thioether (sulfide) groups is 1. The van der Waals surface area contributed by atoms with E-state index in [1.807, 2.05) is 36.1 Å². The molecule has 1 aliphatic rings. The number of pyridine rings is 1. The van der Waals surface area contributed by atoms with Crippen LogP contribution < -0.4 is 4.74 Å². The molecule has 130 valence electrons. The summed E-state index contributed by atoms with van der Waals surface area (Å²) in [4.78, 5) is 18.8. The van der Waals surface area contributed by atoms with E-state index in [-0.39, 0.29) is 5.91 Å². The van der Waals surface area contributed by atoms with E-state index in [0.29, 0.717) is 22.9 Å². The van der Waals surface area contributed by atoms with Gasteiger partial charge in [0.15, 0.2) is 0 Å². The van der Waals surface area contributed by atoms with E-state index in [9.17, 15) is 10.1 Å². The van der Waals surface area contributed by atoms with Crippen LogP contribution in [0.3, 0.4) is 0 Å². The predicted molar refractivity (Wildman–Crippen MR) is 98.8 cm³/mol. The van der Waals surface area contributed by atoms with Crippen molar-refractivity contribution in [3.05, 3.63) is 29.8 Å². The van der Waals surface area contributed by atoms with Crippen LogP contribution in [0.25, 0.3) is 10.9 Å². The second-order valence-corrected chi connectivity index (χ2v) is 6.93. The molecule has 5 nitrogen and oxygen atoms in total. The van der Waals surface area contributed by atoms with Crippen LogP contribution in [0.5, 0.6) is 5.75 Å². The third-order valence-corrected chi connectivity index (χ3v) is 5.20. The number of aromatic nitrogens is 1. The third kappa shape index (κ3) is 4.23. The zero-order chi connectivity index (χ0) is 17.6. The summed E-state index contributed by atoms with van der Waals surface area (Å²) < 4.78 is 5.50. The molecular weight excluding hydrogens is 334 g/mol. The second kappa shape index (κ2) is 8.21. The van der Waals surface area contributed by atoms with Crippen LogP contribution in [0.15, 0.2) is 29.3 Å². The van der Waals surface area contributed by atoms with E-state index in [1.54, 1.807) is 0 Å². The lowest BCUT2D eigenvalue weighted by molar-refractivity contribution is -0.129. The van der Waals surface area contributed by atoms with Gasteiger partial charge >= 0.3 is 0 Å². The lowest BCUT2D eigenvalue weighted by Crippen LogP contribution is -2.36. The van der Waals surface area contributed by atoms with Gasteiger partial charge in [-0.1, -0.05) is 11.8 Å². The molecule has 0 N–H and O–H groups in total. The molecule has 0 spiro atoms. The Bertz CT molecular complexity index is 810. The molecule has 3 rings (SSSR count). The van der Waals surface area contributed by atoms with Crippen LogP contribution in [-0.4, -0.2) is 41.2 Å². The van der Waals surface area contributed by atoms with Gasteiger partial charge in [-0.05, 0) is 50.5 Å². The van der Waals surface area contributed by atoms with E-state index in [0.717, 1.165) is 42.6 Å². The molecular formula is C19H21N3O2S. The number of amides is 1. The van der Waals surface area contributed by atoms with E-state index in [1.165, 1.54) is 18.2 Å². The Labute approximate surface area is 152 Å². The quantitative estimate of drug-likeness (QED) is 0.767. The Morgan fingerprint density at radius 3 is 2.84 bits per heavy atom. The monoisotopic (exact) mass is 355 g/mol. The number of nitrogens with zero attached hydrogens (tertiary/aromatic N) is 3. The van der Waals surface area contributed by atoms with Gasteiger partial charge in [0, 0.05) is 18.5 Å². The maximum Gasteiger partial charge on any atom is 0.232 e. The fourth-order valence-corrected chi connectivity index (χ4v) is 3.81. The summed E-state index contributed by atoms with van der Waals surface area (Å²) >= 11 is 1.35. The highest BCUT2D eigenvalue weighted by molar-refractivity contribution is 8.00. The largest absolute Gasteiger partial charge is 0.494 e. The molecule has 1 saturated heterocycles. The molecule has 1 fully saturated rings. The number of carbonyl (C=O) groups is 1. The normalized spacial score (nSPS) is 14.3. The van der Waals surface area contributed by atoms with Crippen molar-refractivity contribution in [2.75, 3.05) is 25.4 Å². The average molecular weight is 355 g/mol. The van der Waals surface area contributed by atoms with Crippen LogP contribution in [0.2, 0.25) is 0 Å². The van der Waals surface area contributed by atoms with Crippen LogP contribution in [0.1, 0.15) is 31.7 Å². The van der Waals surface area contributed by atoms with E-state index < -0.39 is 0 Å². The summed E-state index contributed by atoms with van der Waals surface area (Å²) in [6.45, 7) is 4.21. The second-order valence-electron chi connectivity index (χ2n) is 5.97. The molecule has 6 heteroatoms. The number of fused-ring (bicyclic) bond motifs is 1. The first-order valence-corrected chi connectivity index (χ1v) is 9.58. The molecule has 0 radical (unpaired) electrons. The van der Waals surface area contributed by atoms with Crippen molar-refractivity contribution in [2.24, 2.45) is 0 Å². The van der Waals surface area contributed by atoms with Crippen LogP contribution in [-0.2, 0) is 4.79 Å². The summed E-state index contributed by atoms with van der Waals surface area (Å²) in [7, 11) is 0. The van der Waals surface area contributed by atoms with Crippen LogP contribution >= 0.6 is 11.8 Å². The first-order chi connectivity index (χ1) is 12.2. The molecule has 1 amide bonds. The molecule has 0 atom stereocenters. The van der Waals surface area contributed by atoms with Gasteiger partial charge in [0.2, 0.25) is 5.91 Å². The van der Waals surface area contributed by atoms with Crippen LogP contribution in [0.4, 0.5) is 0 Å². The highest BCUT2D eigenvalue weighted by Crippen LogP contribution is 2.27. The van der Waals surface area contributed by atoms with Gasteiger partial charge in [0.05, 0.1) is 23.4 Å². The van der Waals surface area contributed by atoms with Gasteiger partial charge in [-0.15, -0.1) is 0 Å². The Kier molecular flexibility index (Phi) is 5.77. The lowest BCUT2D eigenvalue weighted by atomic mass is 10.1. The average Bonchev–Trinajstić information content (AvgIpc) is 2.66. The molecule has 0 bridgehead atoms. The molecule has 2 aromatic rings. The molecule has 1 aromatic carbocycles. The third-order valence-electron chi connectivity index (χ3n) is 4.22. The number of benzene rings is 1. The van der Waals surface area contributed by atoms with Crippen molar-refractivity contribution in [3.63, 3.8) is 0 Å². The molecule has 0 saturated carbocycles. The minimum Gasteiger partial charge on any atom is -0.494 e. The minimum atomic E-state index is 0.127. The fourth-order valence-electron chi connectivity index (χ4n) is 2.95. The number of hydrogen-bond acceptors (Lipinski definition) is 5. The first-order valence-electron chi connectivity index (χ1n) is 8.59. The zero-order valence-electron chi connectivity index (χ0n) is 14.3. The smallest absolute Gasteiger partial charge is 0.232 e. The number of rotatable bonds is 5. The van der Waals surface area contributed by atoms with Crippen molar-refractivity contribution in [3.8, 4) is 11.8 Å². The van der Waals surface area contributed by atoms with Crippen LogP contribution in [0, 0.1) is 11.3 Å². The number of nitriles is 1. The minimum absolute atomic E-state index is 0.127. The van der Waals surface area contributed by atoms with Gasteiger partial charge in [-0.25, -0.2) is 4.98 Å². The summed E-state index contributed by atoms with van der Waals surface area (Å²) in [6, 6.07) is 9.66. The number of likely N-dealkylation sites (tertiary alicyclic amines) is 1. The standard InChI is InChI=1S/C19H21N3O2S/c1-2-24-16-6-7-17-14(11-16)10-15(12-20)19(21-17)25-13-18(23)22-8-4-3-5-9-22/h6-7,10-11H,2-5,8-9,13H2,1H3. The Balaban J connectivity index is 1.77. The molecule has 25 heavy (non-hydrogen) atoms. The number of carbonyl (C=O) groups excluding carboxylic acids is 1. The Morgan fingerprint density at radius 1 is 1.32 bits per heavy atom. The van der Waals surface area contributed by atoms with Crippen molar-refractivity contribution < 1.29 is 9.53 Å². The summed E-state index contributed by atoms with van der Waals surface area (Å²) in [6.07, 6.45) is 3.36. The lowest BCUT2D eigenvalue weighted by Gasteiger charge is -2.26. The fraction of sp³-hybridized carbons (Fsp3) is 0.421. The van der Waals surface area contributed by atoms with Crippen molar-refractivity contribution in [1.82, 2.24) is 9.88 Å².